The number of carbonyl (C=O) groups is 2. The summed E-state index contributed by atoms with van der Waals surface area (Å²) in [5.74, 6) is -0.350. The van der Waals surface area contributed by atoms with E-state index in [2.05, 4.69) is 30.2 Å². The van der Waals surface area contributed by atoms with Crippen LogP contribution in [0.15, 0.2) is 43.2 Å². The number of anilines is 1. The van der Waals surface area contributed by atoms with Crippen molar-refractivity contribution >= 4 is 28.5 Å². The molecule has 4 rings (SSSR count). The first kappa shape index (κ1) is 20.9. The molecule has 1 fully saturated rings. The van der Waals surface area contributed by atoms with E-state index in [1.54, 1.807) is 29.8 Å². The van der Waals surface area contributed by atoms with Gasteiger partial charge in [-0.05, 0) is 37.3 Å². The van der Waals surface area contributed by atoms with E-state index < -0.39 is 0 Å². The fourth-order valence-electron chi connectivity index (χ4n) is 3.65. The van der Waals surface area contributed by atoms with Gasteiger partial charge in [0.25, 0.3) is 5.91 Å². The molecular weight excluding hydrogens is 416 g/mol. The third-order valence-electron chi connectivity index (χ3n) is 5.19. The summed E-state index contributed by atoms with van der Waals surface area (Å²) in [5, 5.41) is 9.95. The molecular formula is C20H24N8O2S. The standard InChI is InChI=1S/C20H24N8O2S/c29-18(23-8-4-10-27-12-9-22-14-27)17-19(31-26-25-17)24-20(30)28-11-2-1-6-16(28)15-5-3-7-21-13-15/h3,5,7,9,12-14,16H,1-2,4,6,8,10-11H2,(H,23,29)(H,24,30). The molecule has 1 unspecified atom stereocenters. The van der Waals surface area contributed by atoms with Crippen LogP contribution in [0.1, 0.15) is 47.8 Å². The highest BCUT2D eigenvalue weighted by atomic mass is 32.1. The Bertz CT molecular complexity index is 992. The third-order valence-corrected chi connectivity index (χ3v) is 5.84. The number of pyridine rings is 1. The smallest absolute Gasteiger partial charge is 0.323 e. The van der Waals surface area contributed by atoms with Crippen molar-refractivity contribution < 1.29 is 9.59 Å². The fraction of sp³-hybridized carbons (Fsp3) is 0.400. The summed E-state index contributed by atoms with van der Waals surface area (Å²) in [6, 6.07) is 3.57. The van der Waals surface area contributed by atoms with Gasteiger partial charge in [0.2, 0.25) is 0 Å². The maximum absolute atomic E-state index is 13.0. The number of piperidine rings is 1. The summed E-state index contributed by atoms with van der Waals surface area (Å²) in [7, 11) is 0. The number of hydrogen-bond donors (Lipinski definition) is 2. The summed E-state index contributed by atoms with van der Waals surface area (Å²) in [6.45, 7) is 1.88. The van der Waals surface area contributed by atoms with Crippen LogP contribution in [0.4, 0.5) is 9.80 Å². The molecule has 162 valence electrons. The Morgan fingerprint density at radius 1 is 1.23 bits per heavy atom. The predicted molar refractivity (Wildman–Crippen MR) is 116 cm³/mol. The number of nitrogens with one attached hydrogen (secondary N) is 2. The van der Waals surface area contributed by atoms with Crippen molar-refractivity contribution in [1.29, 1.82) is 0 Å². The highest BCUT2D eigenvalue weighted by Gasteiger charge is 2.29. The zero-order valence-electron chi connectivity index (χ0n) is 17.0. The molecule has 3 amide bonds. The van der Waals surface area contributed by atoms with Gasteiger partial charge in [0.15, 0.2) is 10.7 Å². The average molecular weight is 441 g/mol. The van der Waals surface area contributed by atoms with Crippen LogP contribution in [0.25, 0.3) is 0 Å². The topological polar surface area (TPSA) is 118 Å². The second-order valence-electron chi connectivity index (χ2n) is 7.28. The number of urea groups is 1. The first-order valence-electron chi connectivity index (χ1n) is 10.3. The Morgan fingerprint density at radius 3 is 2.97 bits per heavy atom. The highest BCUT2D eigenvalue weighted by molar-refractivity contribution is 7.10. The van der Waals surface area contributed by atoms with Gasteiger partial charge in [-0.1, -0.05) is 10.6 Å². The zero-order chi connectivity index (χ0) is 21.5. The molecule has 1 aliphatic rings. The highest BCUT2D eigenvalue weighted by Crippen LogP contribution is 2.31. The monoisotopic (exact) mass is 440 g/mol. The molecule has 1 atom stereocenters. The number of hydrogen-bond acceptors (Lipinski definition) is 7. The van der Waals surface area contributed by atoms with Crippen LogP contribution in [0.5, 0.6) is 0 Å². The van der Waals surface area contributed by atoms with Crippen molar-refractivity contribution in [2.45, 2.75) is 38.3 Å². The summed E-state index contributed by atoms with van der Waals surface area (Å²) >= 11 is 0.999. The molecule has 0 bridgehead atoms. The summed E-state index contributed by atoms with van der Waals surface area (Å²) in [6.07, 6.45) is 12.5. The van der Waals surface area contributed by atoms with Crippen molar-refractivity contribution in [3.63, 3.8) is 0 Å². The van der Waals surface area contributed by atoms with Crippen LogP contribution in [0, 0.1) is 0 Å². The quantitative estimate of drug-likeness (QED) is 0.546. The minimum absolute atomic E-state index is 0.0382. The minimum atomic E-state index is -0.350. The molecule has 4 heterocycles. The van der Waals surface area contributed by atoms with Crippen molar-refractivity contribution in [3.05, 3.63) is 54.5 Å². The normalized spacial score (nSPS) is 16.1. The molecule has 31 heavy (non-hydrogen) atoms. The number of aryl methyl sites for hydroxylation is 1. The molecule has 10 nitrogen and oxygen atoms in total. The molecule has 3 aromatic heterocycles. The van der Waals surface area contributed by atoms with E-state index in [4.69, 9.17) is 0 Å². The fourth-order valence-corrected chi connectivity index (χ4v) is 4.21. The lowest BCUT2D eigenvalue weighted by Crippen LogP contribution is -2.41. The zero-order valence-corrected chi connectivity index (χ0v) is 17.8. The van der Waals surface area contributed by atoms with Crippen LogP contribution < -0.4 is 10.6 Å². The molecule has 11 heteroatoms. The molecule has 1 saturated heterocycles. The Labute approximate surface area is 183 Å². The number of amides is 3. The maximum atomic E-state index is 13.0. The number of imidazole rings is 1. The summed E-state index contributed by atoms with van der Waals surface area (Å²) in [5.41, 5.74) is 1.14. The number of aromatic nitrogens is 5. The maximum Gasteiger partial charge on any atom is 0.323 e. The van der Waals surface area contributed by atoms with Crippen LogP contribution in [-0.4, -0.2) is 54.0 Å². The van der Waals surface area contributed by atoms with Crippen LogP contribution in [-0.2, 0) is 6.54 Å². The van der Waals surface area contributed by atoms with E-state index in [1.165, 1.54) is 0 Å². The van der Waals surface area contributed by atoms with Crippen LogP contribution in [0.3, 0.4) is 0 Å². The van der Waals surface area contributed by atoms with E-state index in [0.29, 0.717) is 18.1 Å². The summed E-state index contributed by atoms with van der Waals surface area (Å²) in [4.78, 5) is 35.5. The average Bonchev–Trinajstić information content (AvgIpc) is 3.49. The SMILES string of the molecule is O=C(NCCCn1ccnc1)c1nnsc1NC(=O)N1CCCCC1c1cccnc1. The Hall–Kier alpha value is -3.34. The molecule has 0 saturated carbocycles. The third kappa shape index (κ3) is 5.23. The molecule has 3 aromatic rings. The number of rotatable bonds is 7. The van der Waals surface area contributed by atoms with E-state index >= 15 is 0 Å². The van der Waals surface area contributed by atoms with Gasteiger partial charge in [-0.15, -0.1) is 5.10 Å². The Kier molecular flexibility index (Phi) is 6.82. The first-order valence-corrected chi connectivity index (χ1v) is 11.0. The van der Waals surface area contributed by atoms with Crippen LogP contribution >= 0.6 is 11.5 Å². The van der Waals surface area contributed by atoms with Gasteiger partial charge in [0, 0.05) is 56.0 Å². The number of carbonyl (C=O) groups excluding carboxylic acids is 2. The second kappa shape index (κ2) is 10.1. The first-order chi connectivity index (χ1) is 15.2. The van der Waals surface area contributed by atoms with Crippen molar-refractivity contribution in [2.75, 3.05) is 18.4 Å². The molecule has 0 aliphatic carbocycles. The van der Waals surface area contributed by atoms with Crippen molar-refractivity contribution in [3.8, 4) is 0 Å². The van der Waals surface area contributed by atoms with E-state index in [9.17, 15) is 9.59 Å². The lowest BCUT2D eigenvalue weighted by molar-refractivity contribution is 0.0948. The molecule has 1 aliphatic heterocycles. The molecule has 0 aromatic carbocycles. The van der Waals surface area contributed by atoms with Crippen molar-refractivity contribution in [1.82, 2.24) is 34.3 Å². The van der Waals surface area contributed by atoms with Crippen molar-refractivity contribution in [2.24, 2.45) is 0 Å². The van der Waals surface area contributed by atoms with Gasteiger partial charge in [-0.2, -0.15) is 0 Å². The van der Waals surface area contributed by atoms with Gasteiger partial charge in [0.05, 0.1) is 12.4 Å². The Balaban J connectivity index is 1.35. The molecule has 0 radical (unpaired) electrons. The Morgan fingerprint density at radius 2 is 2.16 bits per heavy atom. The number of likely N-dealkylation sites (tertiary alicyclic amines) is 1. The largest absolute Gasteiger partial charge is 0.350 e. The van der Waals surface area contributed by atoms with Gasteiger partial charge < -0.3 is 14.8 Å². The van der Waals surface area contributed by atoms with E-state index in [0.717, 1.165) is 49.3 Å². The van der Waals surface area contributed by atoms with Gasteiger partial charge >= 0.3 is 6.03 Å². The van der Waals surface area contributed by atoms with Gasteiger partial charge in [0.1, 0.15) is 0 Å². The lowest BCUT2D eigenvalue weighted by Gasteiger charge is -2.35. The number of nitrogens with zero attached hydrogens (tertiary/aromatic N) is 6. The van der Waals surface area contributed by atoms with Gasteiger partial charge in [-0.25, -0.2) is 9.78 Å². The summed E-state index contributed by atoms with van der Waals surface area (Å²) < 4.78 is 5.81. The lowest BCUT2D eigenvalue weighted by atomic mass is 9.97. The van der Waals surface area contributed by atoms with Crippen LogP contribution in [0.2, 0.25) is 0 Å². The van der Waals surface area contributed by atoms with E-state index in [1.807, 2.05) is 22.9 Å². The van der Waals surface area contributed by atoms with E-state index in [-0.39, 0.29) is 23.7 Å². The predicted octanol–water partition coefficient (Wildman–Crippen LogP) is 2.71. The molecule has 0 spiro atoms. The van der Waals surface area contributed by atoms with Gasteiger partial charge in [-0.3, -0.25) is 15.1 Å². The molecule has 2 N–H and O–H groups in total. The second-order valence-corrected chi connectivity index (χ2v) is 8.04. The minimum Gasteiger partial charge on any atom is -0.350 e.